The summed E-state index contributed by atoms with van der Waals surface area (Å²) in [6.07, 6.45) is 1.15. The molecule has 206 valence electrons. The second-order valence-electron chi connectivity index (χ2n) is 9.96. The van der Waals surface area contributed by atoms with Crippen molar-refractivity contribution >= 4 is 43.6 Å². The third kappa shape index (κ3) is 4.64. The van der Waals surface area contributed by atoms with Gasteiger partial charge < -0.3 is 14.3 Å². The Hall–Kier alpha value is -4.89. The number of benzene rings is 4. The fourth-order valence-electron chi connectivity index (χ4n) is 4.97. The quantitative estimate of drug-likeness (QED) is 0.243. The Morgan fingerprint density at radius 1 is 0.854 bits per heavy atom. The summed E-state index contributed by atoms with van der Waals surface area (Å²) in [7, 11) is -0.574. The van der Waals surface area contributed by atoms with Gasteiger partial charge in [0, 0.05) is 42.2 Å². The Morgan fingerprint density at radius 3 is 2.24 bits per heavy atom. The van der Waals surface area contributed by atoms with Crippen molar-refractivity contribution in [3.05, 3.63) is 96.1 Å². The maximum Gasteiger partial charge on any atom is 0.255 e. The number of hydrogen-bond donors (Lipinski definition) is 1. The van der Waals surface area contributed by atoms with E-state index in [-0.39, 0.29) is 5.91 Å². The van der Waals surface area contributed by atoms with Crippen LogP contribution in [0.4, 0.5) is 5.69 Å². The normalized spacial score (nSPS) is 11.7. The molecule has 0 aliphatic carbocycles. The number of rotatable bonds is 6. The highest BCUT2D eigenvalue weighted by Gasteiger charge is 2.26. The zero-order valence-corrected chi connectivity index (χ0v) is 23.7. The van der Waals surface area contributed by atoms with E-state index in [9.17, 15) is 13.2 Å². The van der Waals surface area contributed by atoms with E-state index in [1.165, 1.54) is 11.4 Å². The first kappa shape index (κ1) is 26.3. The fourth-order valence-corrected chi connectivity index (χ4v) is 5.48. The van der Waals surface area contributed by atoms with Crippen LogP contribution < -0.4 is 9.62 Å². The number of fused-ring (bicyclic) bond motifs is 2. The van der Waals surface area contributed by atoms with Gasteiger partial charge in [0.15, 0.2) is 5.58 Å². The monoisotopic (exact) mass is 565 g/mol. The van der Waals surface area contributed by atoms with Gasteiger partial charge in [0.25, 0.3) is 5.91 Å². The van der Waals surface area contributed by atoms with Gasteiger partial charge in [-0.1, -0.05) is 71.4 Å². The molecular formula is C32H27N3O5S. The number of furan rings is 1. The number of nitrogens with zero attached hydrogens (tertiary/aromatic N) is 2. The third-order valence-electron chi connectivity index (χ3n) is 7.24. The van der Waals surface area contributed by atoms with Crippen LogP contribution in [0.1, 0.15) is 15.9 Å². The summed E-state index contributed by atoms with van der Waals surface area (Å²) >= 11 is 0. The van der Waals surface area contributed by atoms with Crippen LogP contribution in [0.5, 0.6) is 0 Å². The summed E-state index contributed by atoms with van der Waals surface area (Å²) in [4.78, 5) is 13.2. The van der Waals surface area contributed by atoms with Crippen molar-refractivity contribution in [1.29, 1.82) is 0 Å². The molecule has 9 heteroatoms. The maximum atomic E-state index is 13.2. The standard InChI is InChI=1S/C32H27N3O5S/c1-19-10-12-21(13-11-19)31-29(32(36)33-2)24-17-23(26(18-28(24)39-31)35(3)41(4,37)38)22-14-15-27-25(16-22)30(34-40-27)20-8-6-5-7-9-20/h5-18H,1-4H3,(H,33,36). The summed E-state index contributed by atoms with van der Waals surface area (Å²) in [5.74, 6) is 0.0978. The molecule has 0 saturated heterocycles. The van der Waals surface area contributed by atoms with Gasteiger partial charge in [-0.3, -0.25) is 9.10 Å². The second kappa shape index (κ2) is 9.94. The molecule has 41 heavy (non-hydrogen) atoms. The topological polar surface area (TPSA) is 106 Å². The fraction of sp³-hybridized carbons (Fsp3) is 0.125. The number of aromatic nitrogens is 1. The molecule has 0 fully saturated rings. The van der Waals surface area contributed by atoms with Gasteiger partial charge in [-0.15, -0.1) is 0 Å². The SMILES string of the molecule is CNC(=O)c1c(-c2ccc(C)cc2)oc2cc(N(C)S(C)(=O)=O)c(-c3ccc4onc(-c5ccccc5)c4c3)cc12. The number of carbonyl (C=O) groups is 1. The predicted molar refractivity (Wildman–Crippen MR) is 161 cm³/mol. The van der Waals surface area contributed by atoms with Gasteiger partial charge in [0.2, 0.25) is 10.0 Å². The van der Waals surface area contributed by atoms with E-state index < -0.39 is 10.0 Å². The smallest absolute Gasteiger partial charge is 0.255 e. The van der Waals surface area contributed by atoms with Crippen LogP contribution in [-0.4, -0.2) is 39.8 Å². The Morgan fingerprint density at radius 2 is 1.56 bits per heavy atom. The number of amides is 1. The molecule has 0 aliphatic heterocycles. The Kier molecular flexibility index (Phi) is 6.38. The van der Waals surface area contributed by atoms with Gasteiger partial charge in [0.1, 0.15) is 17.0 Å². The van der Waals surface area contributed by atoms with Crippen LogP contribution in [0.25, 0.3) is 55.6 Å². The van der Waals surface area contributed by atoms with Crippen molar-refractivity contribution in [3.8, 4) is 33.7 Å². The Labute approximate surface area is 237 Å². The number of aryl methyl sites for hydroxylation is 1. The van der Waals surface area contributed by atoms with E-state index in [4.69, 9.17) is 8.94 Å². The van der Waals surface area contributed by atoms with Gasteiger partial charge in [0.05, 0.1) is 22.9 Å². The lowest BCUT2D eigenvalue weighted by Gasteiger charge is -2.20. The molecule has 0 radical (unpaired) electrons. The number of sulfonamides is 1. The molecule has 0 saturated carbocycles. The van der Waals surface area contributed by atoms with Crippen LogP contribution in [-0.2, 0) is 10.0 Å². The zero-order chi connectivity index (χ0) is 28.9. The van der Waals surface area contributed by atoms with Crippen molar-refractivity contribution in [2.75, 3.05) is 24.7 Å². The summed E-state index contributed by atoms with van der Waals surface area (Å²) < 4.78 is 38.6. The molecule has 0 unspecified atom stereocenters. The van der Waals surface area contributed by atoms with Crippen LogP contribution in [0.15, 0.2) is 93.9 Å². The average Bonchev–Trinajstić information content (AvgIpc) is 3.57. The van der Waals surface area contributed by atoms with E-state index in [0.717, 1.165) is 33.9 Å². The van der Waals surface area contributed by atoms with E-state index in [0.29, 0.717) is 44.8 Å². The van der Waals surface area contributed by atoms with Crippen LogP contribution >= 0.6 is 0 Å². The largest absolute Gasteiger partial charge is 0.455 e. The molecule has 1 N–H and O–H groups in total. The number of anilines is 1. The lowest BCUT2D eigenvalue weighted by molar-refractivity contribution is 0.0964. The van der Waals surface area contributed by atoms with Crippen molar-refractivity contribution in [2.45, 2.75) is 6.92 Å². The van der Waals surface area contributed by atoms with Crippen LogP contribution in [0.3, 0.4) is 0 Å². The van der Waals surface area contributed by atoms with Crippen molar-refractivity contribution in [1.82, 2.24) is 10.5 Å². The van der Waals surface area contributed by atoms with E-state index in [2.05, 4.69) is 10.5 Å². The lowest BCUT2D eigenvalue weighted by Crippen LogP contribution is -2.25. The average molecular weight is 566 g/mol. The third-order valence-corrected chi connectivity index (χ3v) is 8.43. The Bertz CT molecular complexity index is 2040. The first-order chi connectivity index (χ1) is 19.7. The minimum Gasteiger partial charge on any atom is -0.455 e. The molecule has 6 rings (SSSR count). The van der Waals surface area contributed by atoms with E-state index in [1.807, 2.05) is 85.8 Å². The molecular weight excluding hydrogens is 538 g/mol. The van der Waals surface area contributed by atoms with Gasteiger partial charge in [-0.05, 0) is 30.7 Å². The Balaban J connectivity index is 1.64. The molecule has 0 bridgehead atoms. The van der Waals surface area contributed by atoms with Crippen LogP contribution in [0.2, 0.25) is 0 Å². The molecule has 2 heterocycles. The van der Waals surface area contributed by atoms with Crippen LogP contribution in [0, 0.1) is 6.92 Å². The van der Waals surface area contributed by atoms with Crippen molar-refractivity contribution < 1.29 is 22.2 Å². The molecule has 1 amide bonds. The highest BCUT2D eigenvalue weighted by Crippen LogP contribution is 2.42. The minimum absolute atomic E-state index is 0.310. The molecule has 2 aromatic heterocycles. The predicted octanol–water partition coefficient (Wildman–Crippen LogP) is 6.64. The first-order valence-electron chi connectivity index (χ1n) is 12.9. The summed E-state index contributed by atoms with van der Waals surface area (Å²) in [6, 6.07) is 26.5. The molecule has 6 aromatic rings. The summed E-state index contributed by atoms with van der Waals surface area (Å²) in [5.41, 5.74) is 6.49. The summed E-state index contributed by atoms with van der Waals surface area (Å²) in [6.45, 7) is 1.98. The molecule has 0 atom stereocenters. The molecule has 0 spiro atoms. The van der Waals surface area contributed by atoms with Gasteiger partial charge in [-0.2, -0.15) is 0 Å². The maximum absolute atomic E-state index is 13.2. The van der Waals surface area contributed by atoms with E-state index in [1.54, 1.807) is 13.1 Å². The van der Waals surface area contributed by atoms with Gasteiger partial charge in [-0.25, -0.2) is 8.42 Å². The number of carbonyl (C=O) groups excluding carboxylic acids is 1. The van der Waals surface area contributed by atoms with E-state index >= 15 is 0 Å². The second-order valence-corrected chi connectivity index (χ2v) is 12.0. The van der Waals surface area contributed by atoms with Crippen molar-refractivity contribution in [3.63, 3.8) is 0 Å². The minimum atomic E-state index is -3.64. The van der Waals surface area contributed by atoms with Gasteiger partial charge >= 0.3 is 0 Å². The molecule has 4 aromatic carbocycles. The van der Waals surface area contributed by atoms with Crippen molar-refractivity contribution in [2.24, 2.45) is 0 Å². The summed E-state index contributed by atoms with van der Waals surface area (Å²) in [5, 5.41) is 8.35. The zero-order valence-electron chi connectivity index (χ0n) is 22.9. The number of hydrogen-bond acceptors (Lipinski definition) is 6. The first-order valence-corrected chi connectivity index (χ1v) is 14.8. The highest BCUT2D eigenvalue weighted by atomic mass is 32.2. The number of nitrogens with one attached hydrogen (secondary N) is 1. The molecule has 8 nitrogen and oxygen atoms in total. The molecule has 0 aliphatic rings. The lowest BCUT2D eigenvalue weighted by atomic mass is 9.96. The highest BCUT2D eigenvalue weighted by molar-refractivity contribution is 7.92.